The molecule has 1 aromatic rings. The fourth-order valence-electron chi connectivity index (χ4n) is 2.64. The van der Waals surface area contributed by atoms with Crippen molar-refractivity contribution in [1.29, 1.82) is 0 Å². The molecule has 20 heavy (non-hydrogen) atoms. The summed E-state index contributed by atoms with van der Waals surface area (Å²) < 4.78 is 14.1. The van der Waals surface area contributed by atoms with Gasteiger partial charge in [0, 0.05) is 6.54 Å². The highest BCUT2D eigenvalue weighted by Gasteiger charge is 2.20. The number of carbonyl (C=O) groups is 1. The van der Waals surface area contributed by atoms with Crippen LogP contribution in [0.25, 0.3) is 0 Å². The molecule has 1 fully saturated rings. The largest absolute Gasteiger partial charge is 0.478 e. The predicted molar refractivity (Wildman–Crippen MR) is 80.7 cm³/mol. The molecule has 0 aromatic heterocycles. The van der Waals surface area contributed by atoms with E-state index in [0.717, 1.165) is 12.5 Å². The number of aromatic carboxylic acids is 1. The van der Waals surface area contributed by atoms with Crippen LogP contribution in [0.2, 0.25) is 0 Å². The van der Waals surface area contributed by atoms with Crippen LogP contribution in [0.3, 0.4) is 0 Å². The lowest BCUT2D eigenvalue weighted by Crippen LogP contribution is -2.20. The van der Waals surface area contributed by atoms with E-state index < -0.39 is 11.8 Å². The van der Waals surface area contributed by atoms with Crippen molar-refractivity contribution >= 4 is 27.6 Å². The minimum Gasteiger partial charge on any atom is -0.478 e. The van der Waals surface area contributed by atoms with Crippen molar-refractivity contribution in [2.75, 3.05) is 11.9 Å². The average molecular weight is 344 g/mol. The minimum absolute atomic E-state index is 0.00673. The Morgan fingerprint density at radius 3 is 2.65 bits per heavy atom. The normalized spacial score (nSPS) is 22.6. The number of hydrogen-bond donors (Lipinski definition) is 2. The van der Waals surface area contributed by atoms with Gasteiger partial charge in [0.2, 0.25) is 0 Å². The molecule has 0 unspecified atom stereocenters. The van der Waals surface area contributed by atoms with Crippen molar-refractivity contribution in [3.8, 4) is 0 Å². The number of halogens is 2. The van der Waals surface area contributed by atoms with Crippen LogP contribution in [0.1, 0.15) is 43.0 Å². The number of anilines is 1. The summed E-state index contributed by atoms with van der Waals surface area (Å²) in [6, 6.07) is 2.91. The van der Waals surface area contributed by atoms with Gasteiger partial charge in [-0.25, -0.2) is 9.18 Å². The highest BCUT2D eigenvalue weighted by Crippen LogP contribution is 2.30. The molecule has 2 N–H and O–H groups in total. The maximum Gasteiger partial charge on any atom is 0.336 e. The van der Waals surface area contributed by atoms with Crippen molar-refractivity contribution in [3.05, 3.63) is 28.0 Å². The van der Waals surface area contributed by atoms with Crippen molar-refractivity contribution in [2.24, 2.45) is 11.8 Å². The molecule has 1 saturated carbocycles. The first-order chi connectivity index (χ1) is 9.49. The number of nitrogens with one attached hydrogen (secondary N) is 1. The van der Waals surface area contributed by atoms with Gasteiger partial charge in [0.25, 0.3) is 0 Å². The predicted octanol–water partition coefficient (Wildman–Crippen LogP) is 4.52. The summed E-state index contributed by atoms with van der Waals surface area (Å²) >= 11 is 3.01. The van der Waals surface area contributed by atoms with E-state index in [0.29, 0.717) is 11.6 Å². The Balaban J connectivity index is 2.00. The molecule has 110 valence electrons. The van der Waals surface area contributed by atoms with E-state index in [1.165, 1.54) is 37.8 Å². The van der Waals surface area contributed by atoms with E-state index in [-0.39, 0.29) is 10.0 Å². The molecular weight excluding hydrogens is 325 g/mol. The second-order valence-electron chi connectivity index (χ2n) is 5.60. The summed E-state index contributed by atoms with van der Waals surface area (Å²) in [5.41, 5.74) is 0.306. The van der Waals surface area contributed by atoms with Crippen molar-refractivity contribution < 1.29 is 14.3 Å². The molecule has 1 aromatic carbocycles. The lowest BCUT2D eigenvalue weighted by molar-refractivity contribution is 0.0695. The number of rotatable bonds is 4. The molecule has 2 rings (SSSR count). The lowest BCUT2D eigenvalue weighted by atomic mass is 9.83. The third-order valence-corrected chi connectivity index (χ3v) is 4.80. The third-order valence-electron chi connectivity index (χ3n) is 4.03. The first-order valence-corrected chi connectivity index (χ1v) is 7.73. The number of carboxylic acids is 1. The second-order valence-corrected chi connectivity index (χ2v) is 6.39. The standard InChI is InChI=1S/C15H19BrFNO2/c1-9-2-4-10(5-3-9)8-18-12-7-6-11(15(19)20)13(16)14(12)17/h6-7,9-10,18H,2-5,8H2,1H3,(H,19,20). The molecule has 0 amide bonds. The Morgan fingerprint density at radius 2 is 2.05 bits per heavy atom. The number of benzene rings is 1. The fourth-order valence-corrected chi connectivity index (χ4v) is 3.15. The quantitative estimate of drug-likeness (QED) is 0.844. The molecule has 3 nitrogen and oxygen atoms in total. The molecule has 5 heteroatoms. The van der Waals surface area contributed by atoms with E-state index in [9.17, 15) is 9.18 Å². The van der Waals surface area contributed by atoms with Crippen molar-refractivity contribution in [2.45, 2.75) is 32.6 Å². The van der Waals surface area contributed by atoms with E-state index in [1.54, 1.807) is 0 Å². The molecule has 0 saturated heterocycles. The zero-order chi connectivity index (χ0) is 14.7. The number of carboxylic acid groups (broad SMARTS) is 1. The van der Waals surface area contributed by atoms with Gasteiger partial charge >= 0.3 is 5.97 Å². The minimum atomic E-state index is -1.14. The topological polar surface area (TPSA) is 49.3 Å². The molecule has 0 bridgehead atoms. The van der Waals surface area contributed by atoms with Gasteiger partial charge in [0.05, 0.1) is 15.7 Å². The highest BCUT2D eigenvalue weighted by atomic mass is 79.9. The zero-order valence-corrected chi connectivity index (χ0v) is 13.0. The Hall–Kier alpha value is -1.10. The smallest absolute Gasteiger partial charge is 0.336 e. The molecule has 1 aliphatic rings. The van der Waals surface area contributed by atoms with Crippen LogP contribution in [0.4, 0.5) is 10.1 Å². The van der Waals surface area contributed by atoms with Crippen LogP contribution in [0.15, 0.2) is 16.6 Å². The summed E-state index contributed by atoms with van der Waals surface area (Å²) in [4.78, 5) is 10.9. The molecule has 0 spiro atoms. The van der Waals surface area contributed by atoms with Gasteiger partial charge in [0.1, 0.15) is 0 Å². The first kappa shape index (κ1) is 15.3. The summed E-state index contributed by atoms with van der Waals surface area (Å²) in [6.07, 6.45) is 4.81. The Morgan fingerprint density at radius 1 is 1.40 bits per heavy atom. The fraction of sp³-hybridized carbons (Fsp3) is 0.533. The van der Waals surface area contributed by atoms with Crippen LogP contribution < -0.4 is 5.32 Å². The van der Waals surface area contributed by atoms with Crippen LogP contribution in [0, 0.1) is 17.7 Å². The van der Waals surface area contributed by atoms with E-state index in [4.69, 9.17) is 5.11 Å². The Bertz CT molecular complexity index is 499. The second kappa shape index (κ2) is 6.57. The Labute approximate surface area is 126 Å². The summed E-state index contributed by atoms with van der Waals surface area (Å²) in [5.74, 6) is -0.298. The molecule has 0 heterocycles. The van der Waals surface area contributed by atoms with E-state index >= 15 is 0 Å². The van der Waals surface area contributed by atoms with Gasteiger partial charge in [-0.15, -0.1) is 0 Å². The highest BCUT2D eigenvalue weighted by molar-refractivity contribution is 9.10. The molecular formula is C15H19BrFNO2. The SMILES string of the molecule is CC1CCC(CNc2ccc(C(=O)O)c(Br)c2F)CC1. The Kier molecular flexibility index (Phi) is 5.02. The van der Waals surface area contributed by atoms with E-state index in [2.05, 4.69) is 28.2 Å². The van der Waals surface area contributed by atoms with Gasteiger partial charge in [-0.05, 0) is 52.7 Å². The lowest BCUT2D eigenvalue weighted by Gasteiger charge is -2.26. The third kappa shape index (κ3) is 3.51. The maximum atomic E-state index is 14.1. The van der Waals surface area contributed by atoms with Crippen LogP contribution >= 0.6 is 15.9 Å². The van der Waals surface area contributed by atoms with Gasteiger partial charge in [0.15, 0.2) is 5.82 Å². The molecule has 0 radical (unpaired) electrons. The van der Waals surface area contributed by atoms with Gasteiger partial charge in [-0.1, -0.05) is 19.8 Å². The summed E-state index contributed by atoms with van der Waals surface area (Å²) in [6.45, 7) is 3.01. The zero-order valence-electron chi connectivity index (χ0n) is 11.5. The van der Waals surface area contributed by atoms with E-state index in [1.807, 2.05) is 0 Å². The van der Waals surface area contributed by atoms with Gasteiger partial charge < -0.3 is 10.4 Å². The van der Waals surface area contributed by atoms with Gasteiger partial charge in [-0.2, -0.15) is 0 Å². The summed E-state index contributed by atoms with van der Waals surface area (Å²) in [7, 11) is 0. The van der Waals surface area contributed by atoms with Crippen molar-refractivity contribution in [1.82, 2.24) is 0 Å². The number of hydrogen-bond acceptors (Lipinski definition) is 2. The van der Waals surface area contributed by atoms with Gasteiger partial charge in [-0.3, -0.25) is 0 Å². The van der Waals surface area contributed by atoms with Crippen LogP contribution in [0.5, 0.6) is 0 Å². The first-order valence-electron chi connectivity index (χ1n) is 6.94. The maximum absolute atomic E-state index is 14.1. The summed E-state index contributed by atoms with van der Waals surface area (Å²) in [5, 5.41) is 12.0. The van der Waals surface area contributed by atoms with Crippen LogP contribution in [-0.4, -0.2) is 17.6 Å². The monoisotopic (exact) mass is 343 g/mol. The van der Waals surface area contributed by atoms with Crippen molar-refractivity contribution in [3.63, 3.8) is 0 Å². The average Bonchev–Trinajstić information content (AvgIpc) is 2.42. The molecule has 1 aliphatic carbocycles. The van der Waals surface area contributed by atoms with Crippen LogP contribution in [-0.2, 0) is 0 Å². The molecule has 0 atom stereocenters. The molecule has 0 aliphatic heterocycles.